The van der Waals surface area contributed by atoms with Gasteiger partial charge < -0.3 is 9.11 Å². The van der Waals surface area contributed by atoms with Crippen LogP contribution in [0.1, 0.15) is 101 Å². The summed E-state index contributed by atoms with van der Waals surface area (Å²) in [6.45, 7) is 8.35. The monoisotopic (exact) mass is 776 g/mol. The van der Waals surface area contributed by atoms with Crippen molar-refractivity contribution in [1.82, 2.24) is 0 Å². The molecule has 0 heterocycles. The third-order valence-electron chi connectivity index (χ3n) is 8.05. The molecular weight excluding hydrogens is 730 g/mol. The number of aryl methyl sites for hydroxylation is 2. The second kappa shape index (κ2) is 19.0. The van der Waals surface area contributed by atoms with Gasteiger partial charge in [0.2, 0.25) is 0 Å². The van der Waals surface area contributed by atoms with Crippen LogP contribution in [0.5, 0.6) is 0 Å². The number of fused-ring (bicyclic) bond motifs is 2. The second-order valence-electron chi connectivity index (χ2n) is 11.5. The molecule has 0 aliphatic heterocycles. The van der Waals surface area contributed by atoms with Gasteiger partial charge in [0.15, 0.2) is 0 Å². The third-order valence-corrected chi connectivity index (χ3v) is 9.99. The Morgan fingerprint density at radius 1 is 0.511 bits per heavy atom. The van der Waals surface area contributed by atoms with Crippen molar-refractivity contribution >= 4 is 90.7 Å². The predicted octanol–water partition coefficient (Wildman–Crippen LogP) is 8.48. The number of rotatable bonds is 14. The maximum Gasteiger partial charge on any atom is 2.00 e. The van der Waals surface area contributed by atoms with Crippen molar-refractivity contribution in [2.45, 2.75) is 115 Å². The zero-order valence-electron chi connectivity index (χ0n) is 27.2. The van der Waals surface area contributed by atoms with Crippen LogP contribution < -0.4 is 0 Å². The topological polar surface area (TPSA) is 114 Å². The quantitative estimate of drug-likeness (QED) is 0.0938. The molecule has 9 heteroatoms. The van der Waals surface area contributed by atoms with Gasteiger partial charge in [-0.15, -0.1) is 0 Å². The molecule has 240 valence electrons. The normalized spacial score (nSPS) is 11.7. The summed E-state index contributed by atoms with van der Waals surface area (Å²) in [4.78, 5) is 0.00954. The molecule has 4 rings (SSSR count). The maximum absolute atomic E-state index is 11.9. The molecular formula is C36H46BaO6S2. The minimum atomic E-state index is -4.49. The molecule has 0 fully saturated rings. The fourth-order valence-electron chi connectivity index (χ4n) is 5.83. The summed E-state index contributed by atoms with van der Waals surface area (Å²) in [7, 11) is -8.98. The molecule has 6 nitrogen and oxygen atoms in total. The summed E-state index contributed by atoms with van der Waals surface area (Å²) >= 11 is 0. The fourth-order valence-corrected chi connectivity index (χ4v) is 7.81. The van der Waals surface area contributed by atoms with Crippen LogP contribution in [0, 0.1) is 0 Å². The van der Waals surface area contributed by atoms with E-state index in [9.17, 15) is 25.9 Å². The first kappa shape index (κ1) is 40.0. The Bertz CT molecular complexity index is 1630. The molecule has 0 saturated carbocycles. The minimum Gasteiger partial charge on any atom is -0.744 e. The van der Waals surface area contributed by atoms with Gasteiger partial charge in [-0.25, -0.2) is 16.8 Å². The first-order valence-corrected chi connectivity index (χ1v) is 18.8. The van der Waals surface area contributed by atoms with Gasteiger partial charge in [-0.2, -0.15) is 0 Å². The summed E-state index contributed by atoms with van der Waals surface area (Å²) in [6, 6.07) is 18.7. The van der Waals surface area contributed by atoms with Crippen LogP contribution in [0.4, 0.5) is 0 Å². The minimum absolute atomic E-state index is 0. The molecule has 0 aliphatic rings. The summed E-state index contributed by atoms with van der Waals surface area (Å²) in [5, 5.41) is 2.79. The molecule has 0 unspecified atom stereocenters. The first-order chi connectivity index (χ1) is 21.0. The van der Waals surface area contributed by atoms with E-state index in [1.54, 1.807) is 24.3 Å². The van der Waals surface area contributed by atoms with Crippen LogP contribution in [0.3, 0.4) is 0 Å². The Labute approximate surface area is 311 Å². The standard InChI is InChI=1S/2C18H24O3S.Ba/c2*1-3-5-9-14-13-15-10-7-8-12-17(15)18(22(19,20)21)16(14)11-6-4-2;/h2*7-8,10,12-13H,3-6,9,11H2,1-2H3,(H,19,20,21);/q;;+2/p-2. The summed E-state index contributed by atoms with van der Waals surface area (Å²) in [5.74, 6) is 0. The largest absolute Gasteiger partial charge is 2.00 e. The van der Waals surface area contributed by atoms with E-state index in [-0.39, 0.29) is 58.7 Å². The van der Waals surface area contributed by atoms with Crippen LogP contribution in [0.25, 0.3) is 21.5 Å². The molecule has 0 amide bonds. The van der Waals surface area contributed by atoms with E-state index < -0.39 is 20.2 Å². The van der Waals surface area contributed by atoms with Crippen molar-refractivity contribution in [2.24, 2.45) is 0 Å². The Morgan fingerprint density at radius 2 is 0.822 bits per heavy atom. The smallest absolute Gasteiger partial charge is 0.744 e. The first-order valence-electron chi connectivity index (χ1n) is 16.0. The second-order valence-corrected chi connectivity index (χ2v) is 14.1. The SMILES string of the molecule is CCCCc1cc2ccccc2c(S(=O)(=O)[O-])c1CCCC.CCCCc1cc2ccccc2c(S(=O)(=O)[O-])c1CCCC.[Ba+2]. The average Bonchev–Trinajstić information content (AvgIpc) is 2.98. The van der Waals surface area contributed by atoms with Gasteiger partial charge in [-0.3, -0.25) is 0 Å². The van der Waals surface area contributed by atoms with Gasteiger partial charge in [-0.05, 0) is 95.2 Å². The Kier molecular flexibility index (Phi) is 16.8. The third kappa shape index (κ3) is 10.9. The van der Waals surface area contributed by atoms with Crippen molar-refractivity contribution in [3.8, 4) is 0 Å². The van der Waals surface area contributed by atoms with Gasteiger partial charge in [0.25, 0.3) is 0 Å². The van der Waals surface area contributed by atoms with Crippen molar-refractivity contribution in [1.29, 1.82) is 0 Å². The van der Waals surface area contributed by atoms with Gasteiger partial charge in [0.1, 0.15) is 20.2 Å². The van der Waals surface area contributed by atoms with Gasteiger partial charge in [0.05, 0.1) is 9.79 Å². The molecule has 4 aromatic carbocycles. The molecule has 0 atom stereocenters. The Balaban J connectivity index is 0.000000307. The maximum atomic E-state index is 11.9. The van der Waals surface area contributed by atoms with E-state index in [0.29, 0.717) is 23.6 Å². The number of benzene rings is 4. The molecule has 0 radical (unpaired) electrons. The molecule has 0 saturated heterocycles. The van der Waals surface area contributed by atoms with Crippen LogP contribution in [0.2, 0.25) is 0 Å². The zero-order chi connectivity index (χ0) is 32.3. The number of hydrogen-bond donors (Lipinski definition) is 0. The van der Waals surface area contributed by atoms with Crippen LogP contribution >= 0.6 is 0 Å². The Morgan fingerprint density at radius 3 is 1.13 bits per heavy atom. The Hall–Kier alpha value is -1.21. The number of unbranched alkanes of at least 4 members (excludes halogenated alkanes) is 4. The van der Waals surface area contributed by atoms with Crippen molar-refractivity contribution in [3.63, 3.8) is 0 Å². The molecule has 4 aromatic rings. The molecule has 45 heavy (non-hydrogen) atoms. The number of hydrogen-bond acceptors (Lipinski definition) is 6. The van der Waals surface area contributed by atoms with E-state index in [2.05, 4.69) is 39.8 Å². The van der Waals surface area contributed by atoms with Crippen molar-refractivity contribution in [2.75, 3.05) is 0 Å². The van der Waals surface area contributed by atoms with Crippen molar-refractivity contribution < 1.29 is 25.9 Å². The van der Waals surface area contributed by atoms with E-state index in [1.165, 1.54) is 0 Å². The molecule has 0 bridgehead atoms. The van der Waals surface area contributed by atoms with Crippen LogP contribution in [0.15, 0.2) is 70.5 Å². The van der Waals surface area contributed by atoms with Gasteiger partial charge in [-0.1, -0.05) is 114 Å². The van der Waals surface area contributed by atoms with Gasteiger partial charge >= 0.3 is 48.9 Å². The van der Waals surface area contributed by atoms with Crippen LogP contribution in [-0.2, 0) is 45.9 Å². The summed E-state index contributed by atoms with van der Waals surface area (Å²) in [5.41, 5.74) is 3.51. The predicted molar refractivity (Wildman–Crippen MR) is 184 cm³/mol. The molecule has 0 aliphatic carbocycles. The van der Waals surface area contributed by atoms with Crippen molar-refractivity contribution in [3.05, 3.63) is 82.9 Å². The average molecular weight is 776 g/mol. The fraction of sp³-hybridized carbons (Fsp3) is 0.444. The van der Waals surface area contributed by atoms with E-state index in [4.69, 9.17) is 0 Å². The molecule has 0 aromatic heterocycles. The summed E-state index contributed by atoms with van der Waals surface area (Å²) < 4.78 is 71.4. The van der Waals surface area contributed by atoms with Gasteiger partial charge in [0, 0.05) is 0 Å². The van der Waals surface area contributed by atoms with Crippen LogP contribution in [-0.4, -0.2) is 74.8 Å². The summed E-state index contributed by atoms with van der Waals surface area (Å²) in [6.07, 6.45) is 10.7. The molecule has 0 spiro atoms. The van der Waals surface area contributed by atoms with E-state index in [0.717, 1.165) is 97.2 Å². The van der Waals surface area contributed by atoms with E-state index >= 15 is 0 Å². The molecule has 0 N–H and O–H groups in total. The van der Waals surface area contributed by atoms with E-state index in [1.807, 2.05) is 24.3 Å². The zero-order valence-corrected chi connectivity index (χ0v) is 33.3.